The van der Waals surface area contributed by atoms with Crippen LogP contribution in [0.2, 0.25) is 0 Å². The van der Waals surface area contributed by atoms with Gasteiger partial charge in [-0.1, -0.05) is 25.1 Å². The molecule has 7 heteroatoms. The molecule has 0 saturated carbocycles. The van der Waals surface area contributed by atoms with Gasteiger partial charge in [-0.3, -0.25) is 4.79 Å². The Kier molecular flexibility index (Phi) is 4.74. The van der Waals surface area contributed by atoms with E-state index in [9.17, 15) is 9.59 Å². The molecule has 3 amide bonds. The van der Waals surface area contributed by atoms with Crippen molar-refractivity contribution in [1.82, 2.24) is 19.4 Å². The highest BCUT2D eigenvalue weighted by Crippen LogP contribution is 2.36. The van der Waals surface area contributed by atoms with Crippen LogP contribution in [-0.4, -0.2) is 51.5 Å². The number of imidazole rings is 1. The van der Waals surface area contributed by atoms with Crippen LogP contribution < -0.4 is 4.74 Å². The van der Waals surface area contributed by atoms with Crippen LogP contribution in [0.25, 0.3) is 0 Å². The topological polar surface area (TPSA) is 67.7 Å². The van der Waals surface area contributed by atoms with Crippen molar-refractivity contribution in [3.8, 4) is 5.75 Å². The van der Waals surface area contributed by atoms with Gasteiger partial charge in [0.25, 0.3) is 5.91 Å². The molecule has 25 heavy (non-hydrogen) atoms. The van der Waals surface area contributed by atoms with E-state index in [0.717, 1.165) is 12.0 Å². The summed E-state index contributed by atoms with van der Waals surface area (Å²) in [5, 5.41) is 0. The molecule has 0 aliphatic carbocycles. The Morgan fingerprint density at radius 3 is 2.68 bits per heavy atom. The molecule has 2 heterocycles. The second-order valence-electron chi connectivity index (χ2n) is 6.01. The third-order valence-electron chi connectivity index (χ3n) is 4.36. The molecule has 0 bridgehead atoms. The van der Waals surface area contributed by atoms with E-state index in [4.69, 9.17) is 4.74 Å². The molecule has 1 aromatic carbocycles. The summed E-state index contributed by atoms with van der Waals surface area (Å²) in [7, 11) is 3.42. The number of aromatic nitrogens is 2. The van der Waals surface area contributed by atoms with Gasteiger partial charge in [0.05, 0.1) is 7.11 Å². The molecule has 1 fully saturated rings. The lowest BCUT2D eigenvalue weighted by molar-refractivity contribution is -0.126. The van der Waals surface area contributed by atoms with Gasteiger partial charge in [0.2, 0.25) is 0 Å². The molecule has 7 nitrogen and oxygen atoms in total. The monoisotopic (exact) mass is 342 g/mol. The van der Waals surface area contributed by atoms with E-state index >= 15 is 0 Å². The second kappa shape index (κ2) is 6.96. The first-order valence-electron chi connectivity index (χ1n) is 8.29. The minimum atomic E-state index is -0.627. The first kappa shape index (κ1) is 17.0. The third kappa shape index (κ3) is 2.97. The number of benzene rings is 1. The molecule has 1 aromatic heterocycles. The van der Waals surface area contributed by atoms with Crippen LogP contribution >= 0.6 is 0 Å². The summed E-state index contributed by atoms with van der Waals surface area (Å²) in [5.74, 6) is 1.01. The quantitative estimate of drug-likeness (QED) is 0.755. The van der Waals surface area contributed by atoms with Crippen LogP contribution in [0.5, 0.6) is 5.75 Å². The van der Waals surface area contributed by atoms with Gasteiger partial charge in [-0.2, -0.15) is 0 Å². The van der Waals surface area contributed by atoms with Gasteiger partial charge in [-0.25, -0.2) is 14.7 Å². The van der Waals surface area contributed by atoms with E-state index < -0.39 is 6.04 Å². The minimum absolute atomic E-state index is 0.0999. The number of aryl methyl sites for hydroxylation is 1. The van der Waals surface area contributed by atoms with Crippen LogP contribution in [0.15, 0.2) is 36.7 Å². The number of urea groups is 1. The highest BCUT2D eigenvalue weighted by atomic mass is 16.5. The number of rotatable bonds is 6. The smallest absolute Gasteiger partial charge is 0.328 e. The number of ether oxygens (including phenoxy) is 1. The van der Waals surface area contributed by atoms with Gasteiger partial charge in [0.15, 0.2) is 0 Å². The van der Waals surface area contributed by atoms with Crippen LogP contribution in [0.1, 0.15) is 30.8 Å². The Bertz CT molecular complexity index is 786. The van der Waals surface area contributed by atoms with E-state index in [1.807, 2.05) is 42.8 Å². The number of carbonyl (C=O) groups is 2. The summed E-state index contributed by atoms with van der Waals surface area (Å²) in [6.07, 6.45) is 4.26. The average Bonchev–Trinajstić information content (AvgIpc) is 3.14. The molecule has 132 valence electrons. The maximum atomic E-state index is 12.9. The maximum Gasteiger partial charge on any atom is 0.328 e. The van der Waals surface area contributed by atoms with Gasteiger partial charge < -0.3 is 14.2 Å². The van der Waals surface area contributed by atoms with Gasteiger partial charge in [-0.15, -0.1) is 0 Å². The van der Waals surface area contributed by atoms with Gasteiger partial charge in [0, 0.05) is 31.5 Å². The Hall–Kier alpha value is -2.83. The highest BCUT2D eigenvalue weighted by Gasteiger charge is 2.43. The zero-order chi connectivity index (χ0) is 18.0. The molecule has 0 radical (unpaired) electrons. The molecule has 0 spiro atoms. The van der Waals surface area contributed by atoms with E-state index in [1.165, 1.54) is 4.90 Å². The van der Waals surface area contributed by atoms with E-state index in [2.05, 4.69) is 4.98 Å². The Balaban J connectivity index is 2.11. The van der Waals surface area contributed by atoms with Crippen molar-refractivity contribution < 1.29 is 14.3 Å². The first-order chi connectivity index (χ1) is 12.1. The Morgan fingerprint density at radius 2 is 2.04 bits per heavy atom. The summed E-state index contributed by atoms with van der Waals surface area (Å²) in [4.78, 5) is 32.8. The van der Waals surface area contributed by atoms with Gasteiger partial charge in [0.1, 0.15) is 24.2 Å². The predicted molar refractivity (Wildman–Crippen MR) is 92.2 cm³/mol. The second-order valence-corrected chi connectivity index (χ2v) is 6.01. The van der Waals surface area contributed by atoms with Crippen LogP contribution in [-0.2, 0) is 11.8 Å². The van der Waals surface area contributed by atoms with Crippen molar-refractivity contribution in [3.05, 3.63) is 48.0 Å². The van der Waals surface area contributed by atoms with E-state index in [1.54, 1.807) is 24.4 Å². The summed E-state index contributed by atoms with van der Waals surface area (Å²) < 4.78 is 7.29. The highest BCUT2D eigenvalue weighted by molar-refractivity contribution is 6.02. The fraction of sp³-hybridized carbons (Fsp3) is 0.389. The summed E-state index contributed by atoms with van der Waals surface area (Å²) in [6, 6.07) is 6.49. The van der Waals surface area contributed by atoms with E-state index in [-0.39, 0.29) is 18.5 Å². The third-order valence-corrected chi connectivity index (χ3v) is 4.36. The lowest BCUT2D eigenvalue weighted by Gasteiger charge is -2.27. The average molecular weight is 342 g/mol. The van der Waals surface area contributed by atoms with Gasteiger partial charge >= 0.3 is 6.03 Å². The molecule has 1 aliphatic rings. The van der Waals surface area contributed by atoms with Crippen molar-refractivity contribution >= 4 is 11.9 Å². The molecule has 1 atom stereocenters. The number of carbonyl (C=O) groups excluding carboxylic acids is 2. The fourth-order valence-corrected chi connectivity index (χ4v) is 3.19. The van der Waals surface area contributed by atoms with Crippen LogP contribution in [0.4, 0.5) is 4.79 Å². The van der Waals surface area contributed by atoms with E-state index in [0.29, 0.717) is 18.1 Å². The normalized spacial score (nSPS) is 15.8. The molecule has 3 rings (SSSR count). The molecule has 0 N–H and O–H groups in total. The molecule has 1 aliphatic heterocycles. The molecule has 1 saturated heterocycles. The number of para-hydroxylation sites is 1. The first-order valence-corrected chi connectivity index (χ1v) is 8.29. The van der Waals surface area contributed by atoms with Crippen molar-refractivity contribution in [2.24, 2.45) is 7.05 Å². The predicted octanol–water partition coefficient (Wildman–Crippen LogP) is 2.19. The molecular formula is C18H22N4O3. The molecule has 2 aromatic rings. The van der Waals surface area contributed by atoms with Crippen molar-refractivity contribution in [3.63, 3.8) is 0 Å². The number of methoxy groups -OCH3 is 1. The number of nitrogens with zero attached hydrogens (tertiary/aromatic N) is 4. The number of hydrogen-bond donors (Lipinski definition) is 0. The number of hydrogen-bond acceptors (Lipinski definition) is 4. The Morgan fingerprint density at radius 1 is 1.28 bits per heavy atom. The van der Waals surface area contributed by atoms with Gasteiger partial charge in [-0.05, 0) is 12.5 Å². The lowest BCUT2D eigenvalue weighted by Crippen LogP contribution is -2.38. The van der Waals surface area contributed by atoms with Crippen molar-refractivity contribution in [1.29, 1.82) is 0 Å². The summed E-state index contributed by atoms with van der Waals surface area (Å²) in [5.41, 5.74) is 0.736. The maximum absolute atomic E-state index is 12.9. The SMILES string of the molecule is CCCN1CC(=O)N(C(c2ccccc2OC)c2nccn2C)C1=O. The van der Waals surface area contributed by atoms with Crippen LogP contribution in [0.3, 0.4) is 0 Å². The summed E-state index contributed by atoms with van der Waals surface area (Å²) in [6.45, 7) is 2.64. The number of amides is 3. The fourth-order valence-electron chi connectivity index (χ4n) is 3.19. The summed E-state index contributed by atoms with van der Waals surface area (Å²) >= 11 is 0. The lowest BCUT2D eigenvalue weighted by atomic mass is 10.0. The number of imide groups is 1. The minimum Gasteiger partial charge on any atom is -0.496 e. The molecule has 1 unspecified atom stereocenters. The standard InChI is InChI=1S/C18H22N4O3/c1-4-10-21-12-15(23)22(18(21)24)16(17-19-9-11-20(17)2)13-7-5-6-8-14(13)25-3/h5-9,11,16H,4,10,12H2,1-3H3. The zero-order valence-corrected chi connectivity index (χ0v) is 14.7. The molecular weight excluding hydrogens is 320 g/mol. The van der Waals surface area contributed by atoms with Crippen molar-refractivity contribution in [2.45, 2.75) is 19.4 Å². The Labute approximate surface area is 146 Å². The van der Waals surface area contributed by atoms with Crippen LogP contribution in [0, 0.1) is 0 Å². The largest absolute Gasteiger partial charge is 0.496 e. The zero-order valence-electron chi connectivity index (χ0n) is 14.7. The van der Waals surface area contributed by atoms with Crippen molar-refractivity contribution in [2.75, 3.05) is 20.2 Å².